The predicted molar refractivity (Wildman–Crippen MR) is 98.5 cm³/mol. The van der Waals surface area contributed by atoms with E-state index in [9.17, 15) is 4.79 Å². The van der Waals surface area contributed by atoms with Gasteiger partial charge in [0.25, 0.3) is 5.91 Å². The van der Waals surface area contributed by atoms with Gasteiger partial charge in [0.15, 0.2) is 0 Å². The Hall–Kier alpha value is -3.48. The van der Waals surface area contributed by atoms with E-state index in [4.69, 9.17) is 4.74 Å². The van der Waals surface area contributed by atoms with Crippen LogP contribution in [0.1, 0.15) is 21.6 Å². The van der Waals surface area contributed by atoms with Gasteiger partial charge in [-0.05, 0) is 36.8 Å². The van der Waals surface area contributed by atoms with E-state index in [0.717, 1.165) is 16.9 Å². The lowest BCUT2D eigenvalue weighted by Crippen LogP contribution is -2.23. The fourth-order valence-corrected chi connectivity index (χ4v) is 2.33. The molecule has 0 atom stereocenters. The Labute approximate surface area is 151 Å². The van der Waals surface area contributed by atoms with Crippen LogP contribution in [0.15, 0.2) is 55.0 Å². The maximum Gasteiger partial charge on any atom is 0.254 e. The summed E-state index contributed by atoms with van der Waals surface area (Å²) in [5.74, 6) is 0.821. The van der Waals surface area contributed by atoms with Crippen LogP contribution in [0.25, 0.3) is 0 Å². The van der Waals surface area contributed by atoms with Gasteiger partial charge >= 0.3 is 0 Å². The van der Waals surface area contributed by atoms with E-state index in [2.05, 4.69) is 25.6 Å². The van der Waals surface area contributed by atoms with Crippen molar-refractivity contribution < 1.29 is 9.53 Å². The van der Waals surface area contributed by atoms with Gasteiger partial charge in [-0.3, -0.25) is 9.78 Å². The number of ether oxygens (including phenoxy) is 1. The molecule has 3 aromatic rings. The molecule has 0 radical (unpaired) electrons. The molecule has 0 saturated carbocycles. The summed E-state index contributed by atoms with van der Waals surface area (Å²) in [6.07, 6.45) is 4.64. The Bertz CT molecular complexity index is 882. The third kappa shape index (κ3) is 4.32. The summed E-state index contributed by atoms with van der Waals surface area (Å²) in [4.78, 5) is 24.7. The molecule has 0 aliphatic heterocycles. The van der Waals surface area contributed by atoms with Gasteiger partial charge in [-0.15, -0.1) is 0 Å². The van der Waals surface area contributed by atoms with Gasteiger partial charge in [-0.25, -0.2) is 9.97 Å². The molecular weight excluding hydrogens is 330 g/mol. The molecule has 0 saturated heterocycles. The molecule has 7 heteroatoms. The highest BCUT2D eigenvalue weighted by Crippen LogP contribution is 2.27. The molecule has 2 N–H and O–H groups in total. The number of carbonyl (C=O) groups excluding carboxylic acids is 1. The number of nitrogens with one attached hydrogen (secondary N) is 2. The highest BCUT2D eigenvalue weighted by Gasteiger charge is 2.09. The first-order valence-corrected chi connectivity index (χ1v) is 8.07. The van der Waals surface area contributed by atoms with Gasteiger partial charge in [-0.2, -0.15) is 0 Å². The van der Waals surface area contributed by atoms with E-state index in [1.807, 2.05) is 43.3 Å². The highest BCUT2D eigenvalue weighted by molar-refractivity contribution is 5.93. The standard InChI is InChI=1S/C19H19N5O2/c1-13-6-7-17(26-2)16(9-13)24-19-22-10-14(11-23-19)18(25)21-12-15-5-3-4-8-20-15/h3-11H,12H2,1-2H3,(H,21,25)(H,22,23,24). The van der Waals surface area contributed by atoms with Crippen LogP contribution in [-0.4, -0.2) is 28.0 Å². The summed E-state index contributed by atoms with van der Waals surface area (Å²) in [6.45, 7) is 2.33. The lowest BCUT2D eigenvalue weighted by atomic mass is 10.2. The number of nitrogens with zero attached hydrogens (tertiary/aromatic N) is 3. The fourth-order valence-electron chi connectivity index (χ4n) is 2.33. The summed E-state index contributed by atoms with van der Waals surface area (Å²) >= 11 is 0. The maximum absolute atomic E-state index is 12.2. The summed E-state index contributed by atoms with van der Waals surface area (Å²) in [7, 11) is 1.60. The quantitative estimate of drug-likeness (QED) is 0.711. The van der Waals surface area contributed by atoms with E-state index in [1.165, 1.54) is 12.4 Å². The number of pyridine rings is 1. The topological polar surface area (TPSA) is 89.0 Å². The number of carbonyl (C=O) groups is 1. The third-order valence-electron chi connectivity index (χ3n) is 3.67. The molecule has 132 valence electrons. The Morgan fingerprint density at radius 1 is 1.12 bits per heavy atom. The van der Waals surface area contributed by atoms with Gasteiger partial charge in [0.05, 0.1) is 30.6 Å². The molecule has 2 heterocycles. The first-order valence-electron chi connectivity index (χ1n) is 8.07. The van der Waals surface area contributed by atoms with Crippen LogP contribution in [0.4, 0.5) is 11.6 Å². The van der Waals surface area contributed by atoms with Gasteiger partial charge in [0, 0.05) is 18.6 Å². The summed E-state index contributed by atoms with van der Waals surface area (Å²) in [5.41, 5.74) is 3.01. The molecule has 2 aromatic heterocycles. The second-order valence-corrected chi connectivity index (χ2v) is 5.63. The number of hydrogen-bond acceptors (Lipinski definition) is 6. The fraction of sp³-hybridized carbons (Fsp3) is 0.158. The third-order valence-corrected chi connectivity index (χ3v) is 3.67. The van der Waals surface area contributed by atoms with Crippen molar-refractivity contribution in [2.24, 2.45) is 0 Å². The van der Waals surface area contributed by atoms with Crippen LogP contribution >= 0.6 is 0 Å². The van der Waals surface area contributed by atoms with Crippen LogP contribution in [0.3, 0.4) is 0 Å². The van der Waals surface area contributed by atoms with Crippen molar-refractivity contribution in [2.45, 2.75) is 13.5 Å². The minimum Gasteiger partial charge on any atom is -0.495 e. The van der Waals surface area contributed by atoms with Crippen molar-refractivity contribution in [1.29, 1.82) is 0 Å². The predicted octanol–water partition coefficient (Wildman–Crippen LogP) is 2.86. The van der Waals surface area contributed by atoms with E-state index >= 15 is 0 Å². The molecular formula is C19H19N5O2. The molecule has 1 amide bonds. The number of rotatable bonds is 6. The second-order valence-electron chi connectivity index (χ2n) is 5.63. The van der Waals surface area contributed by atoms with Crippen LogP contribution < -0.4 is 15.4 Å². The Morgan fingerprint density at radius 2 is 1.92 bits per heavy atom. The minimum atomic E-state index is -0.254. The van der Waals surface area contributed by atoms with Crippen molar-refractivity contribution in [1.82, 2.24) is 20.3 Å². The molecule has 0 unspecified atom stereocenters. The SMILES string of the molecule is COc1ccc(C)cc1Nc1ncc(C(=O)NCc2ccccn2)cn1. The average molecular weight is 349 g/mol. The number of hydrogen-bond donors (Lipinski definition) is 2. The van der Waals surface area contributed by atoms with E-state index in [1.54, 1.807) is 13.3 Å². The number of aryl methyl sites for hydroxylation is 1. The van der Waals surface area contributed by atoms with E-state index in [-0.39, 0.29) is 5.91 Å². The molecule has 0 bridgehead atoms. The Morgan fingerprint density at radius 3 is 2.62 bits per heavy atom. The van der Waals surface area contributed by atoms with Crippen molar-refractivity contribution in [2.75, 3.05) is 12.4 Å². The zero-order chi connectivity index (χ0) is 18.4. The lowest BCUT2D eigenvalue weighted by Gasteiger charge is -2.11. The van der Waals surface area contributed by atoms with Crippen LogP contribution in [0.2, 0.25) is 0 Å². The van der Waals surface area contributed by atoms with Crippen molar-refractivity contribution in [3.05, 3.63) is 71.8 Å². The summed E-state index contributed by atoms with van der Waals surface area (Å²) < 4.78 is 5.32. The second kappa shape index (κ2) is 8.06. The number of methoxy groups -OCH3 is 1. The summed E-state index contributed by atoms with van der Waals surface area (Å²) in [5, 5.41) is 5.89. The normalized spacial score (nSPS) is 10.2. The minimum absolute atomic E-state index is 0.254. The van der Waals surface area contributed by atoms with Crippen molar-refractivity contribution >= 4 is 17.5 Å². The molecule has 0 fully saturated rings. The maximum atomic E-state index is 12.2. The monoisotopic (exact) mass is 349 g/mol. The molecule has 1 aromatic carbocycles. The summed E-state index contributed by atoms with van der Waals surface area (Å²) in [6, 6.07) is 11.3. The lowest BCUT2D eigenvalue weighted by molar-refractivity contribution is 0.0949. The van der Waals surface area contributed by atoms with Crippen molar-refractivity contribution in [3.63, 3.8) is 0 Å². The average Bonchev–Trinajstić information content (AvgIpc) is 2.68. The highest BCUT2D eigenvalue weighted by atomic mass is 16.5. The molecule has 0 aliphatic rings. The molecule has 3 rings (SSSR count). The number of benzene rings is 1. The Kier molecular flexibility index (Phi) is 5.38. The molecule has 26 heavy (non-hydrogen) atoms. The number of aromatic nitrogens is 3. The van der Waals surface area contributed by atoms with Crippen LogP contribution in [0, 0.1) is 6.92 Å². The van der Waals surface area contributed by atoms with Crippen molar-refractivity contribution in [3.8, 4) is 5.75 Å². The first kappa shape index (κ1) is 17.3. The largest absolute Gasteiger partial charge is 0.495 e. The first-order chi connectivity index (χ1) is 12.7. The van der Waals surface area contributed by atoms with Gasteiger partial charge in [0.2, 0.25) is 5.95 Å². The molecule has 7 nitrogen and oxygen atoms in total. The zero-order valence-electron chi connectivity index (χ0n) is 14.6. The molecule has 0 spiro atoms. The van der Waals surface area contributed by atoms with Crippen LogP contribution in [-0.2, 0) is 6.54 Å². The number of amides is 1. The van der Waals surface area contributed by atoms with E-state index in [0.29, 0.717) is 23.8 Å². The van der Waals surface area contributed by atoms with Crippen LogP contribution in [0.5, 0.6) is 5.75 Å². The van der Waals surface area contributed by atoms with Gasteiger partial charge < -0.3 is 15.4 Å². The smallest absolute Gasteiger partial charge is 0.254 e. The van der Waals surface area contributed by atoms with Gasteiger partial charge in [0.1, 0.15) is 5.75 Å². The zero-order valence-corrected chi connectivity index (χ0v) is 14.6. The number of anilines is 2. The Balaban J connectivity index is 1.65. The molecule has 0 aliphatic carbocycles. The van der Waals surface area contributed by atoms with E-state index < -0.39 is 0 Å². The van der Waals surface area contributed by atoms with Gasteiger partial charge in [-0.1, -0.05) is 12.1 Å².